The van der Waals surface area contributed by atoms with Crippen LogP contribution in [-0.4, -0.2) is 29.0 Å². The summed E-state index contributed by atoms with van der Waals surface area (Å²) in [5.41, 5.74) is 7.26. The first-order valence-electron chi connectivity index (χ1n) is 8.75. The lowest BCUT2D eigenvalue weighted by molar-refractivity contribution is -0.274. The third-order valence-corrected chi connectivity index (χ3v) is 4.06. The summed E-state index contributed by atoms with van der Waals surface area (Å²) < 4.78 is 45.5. The molecule has 1 heterocycles. The minimum Gasteiger partial charge on any atom is -0.406 e. The van der Waals surface area contributed by atoms with Crippen molar-refractivity contribution in [3.8, 4) is 17.1 Å². The average molecular weight is 440 g/mol. The van der Waals surface area contributed by atoms with Crippen LogP contribution < -0.4 is 15.8 Å². The van der Waals surface area contributed by atoms with Gasteiger partial charge in [0.05, 0.1) is 6.54 Å². The lowest BCUT2D eigenvalue weighted by Gasteiger charge is -2.09. The fraction of sp³-hybridized carbons (Fsp3) is 0.211. The molecule has 0 aliphatic heterocycles. The Labute approximate surface area is 174 Å². The Kier molecular flexibility index (Phi) is 6.78. The van der Waals surface area contributed by atoms with Gasteiger partial charge in [-0.3, -0.25) is 0 Å². The molecule has 0 aliphatic rings. The van der Waals surface area contributed by atoms with Crippen LogP contribution in [0.15, 0.2) is 58.0 Å². The second kappa shape index (κ2) is 9.49. The van der Waals surface area contributed by atoms with Crippen molar-refractivity contribution < 1.29 is 22.4 Å². The van der Waals surface area contributed by atoms with Crippen molar-refractivity contribution >= 4 is 17.6 Å². The summed E-state index contributed by atoms with van der Waals surface area (Å²) in [5.74, 6) is 0.781. The van der Waals surface area contributed by atoms with E-state index in [9.17, 15) is 13.2 Å². The number of guanidine groups is 1. The third-order valence-electron chi connectivity index (χ3n) is 3.80. The van der Waals surface area contributed by atoms with Crippen LogP contribution in [0.3, 0.4) is 0 Å². The SMILES string of the molecule is NC(=NCc1ccc(OC(F)(F)F)cc1)NCCc1nc(-c2ccc(Cl)cc2)no1. The van der Waals surface area contributed by atoms with Crippen LogP contribution in [0.5, 0.6) is 5.75 Å². The van der Waals surface area contributed by atoms with E-state index in [2.05, 4.69) is 25.2 Å². The van der Waals surface area contributed by atoms with Crippen molar-refractivity contribution in [2.24, 2.45) is 10.7 Å². The van der Waals surface area contributed by atoms with Gasteiger partial charge in [-0.05, 0) is 42.0 Å². The maximum absolute atomic E-state index is 12.2. The molecule has 0 radical (unpaired) electrons. The number of aromatic nitrogens is 2. The Bertz CT molecular complexity index is 989. The number of nitrogens with zero attached hydrogens (tertiary/aromatic N) is 3. The molecule has 3 rings (SSSR count). The molecule has 0 amide bonds. The summed E-state index contributed by atoms with van der Waals surface area (Å²) in [6, 6.07) is 12.5. The number of nitrogens with one attached hydrogen (secondary N) is 1. The molecule has 0 bridgehead atoms. The third kappa shape index (κ3) is 6.66. The molecule has 3 aromatic rings. The van der Waals surface area contributed by atoms with Gasteiger partial charge in [0.15, 0.2) is 5.96 Å². The van der Waals surface area contributed by atoms with Gasteiger partial charge in [0.1, 0.15) is 5.75 Å². The van der Waals surface area contributed by atoms with E-state index < -0.39 is 6.36 Å². The molecule has 0 spiro atoms. The number of alkyl halides is 3. The zero-order valence-corrected chi connectivity index (χ0v) is 16.2. The molecular weight excluding hydrogens is 423 g/mol. The number of benzene rings is 2. The van der Waals surface area contributed by atoms with Crippen molar-refractivity contribution in [3.05, 3.63) is 65.0 Å². The Morgan fingerprint density at radius 3 is 2.50 bits per heavy atom. The van der Waals surface area contributed by atoms with Crippen molar-refractivity contribution in [1.29, 1.82) is 0 Å². The average Bonchev–Trinajstić information content (AvgIpc) is 3.16. The molecule has 158 valence electrons. The van der Waals surface area contributed by atoms with Crippen LogP contribution >= 0.6 is 11.6 Å². The first-order chi connectivity index (χ1) is 14.3. The van der Waals surface area contributed by atoms with Crippen molar-refractivity contribution in [2.45, 2.75) is 19.3 Å². The van der Waals surface area contributed by atoms with Gasteiger partial charge in [-0.2, -0.15) is 4.98 Å². The van der Waals surface area contributed by atoms with Crippen LogP contribution in [0.4, 0.5) is 13.2 Å². The Morgan fingerprint density at radius 1 is 1.13 bits per heavy atom. The highest BCUT2D eigenvalue weighted by Crippen LogP contribution is 2.23. The van der Waals surface area contributed by atoms with Gasteiger partial charge in [-0.15, -0.1) is 13.2 Å². The molecule has 30 heavy (non-hydrogen) atoms. The summed E-state index contributed by atoms with van der Waals surface area (Å²) in [5, 5.41) is 7.45. The van der Waals surface area contributed by atoms with Gasteiger partial charge in [0.2, 0.25) is 11.7 Å². The van der Waals surface area contributed by atoms with Gasteiger partial charge in [0.25, 0.3) is 0 Å². The molecule has 7 nitrogen and oxygen atoms in total. The smallest absolute Gasteiger partial charge is 0.406 e. The molecule has 11 heteroatoms. The predicted molar refractivity (Wildman–Crippen MR) is 105 cm³/mol. The Morgan fingerprint density at radius 2 is 1.83 bits per heavy atom. The maximum atomic E-state index is 12.2. The molecular formula is C19H17ClF3N5O2. The van der Waals surface area contributed by atoms with Crippen LogP contribution in [0.1, 0.15) is 11.5 Å². The fourth-order valence-electron chi connectivity index (χ4n) is 2.40. The zero-order valence-electron chi connectivity index (χ0n) is 15.5. The highest BCUT2D eigenvalue weighted by atomic mass is 35.5. The summed E-state index contributed by atoms with van der Waals surface area (Å²) in [7, 11) is 0. The number of hydrogen-bond donors (Lipinski definition) is 2. The number of halogens is 4. The minimum atomic E-state index is -4.72. The molecule has 0 aliphatic carbocycles. The summed E-state index contributed by atoms with van der Waals surface area (Å²) in [6.07, 6.45) is -4.29. The first-order valence-corrected chi connectivity index (χ1v) is 9.13. The van der Waals surface area contributed by atoms with Gasteiger partial charge in [-0.25, -0.2) is 4.99 Å². The van der Waals surface area contributed by atoms with E-state index in [1.54, 1.807) is 24.3 Å². The summed E-state index contributed by atoms with van der Waals surface area (Å²) in [6.45, 7) is 0.613. The lowest BCUT2D eigenvalue weighted by Crippen LogP contribution is -2.33. The monoisotopic (exact) mass is 439 g/mol. The predicted octanol–water partition coefficient (Wildman–Crippen LogP) is 3.94. The van der Waals surface area contributed by atoms with Crippen molar-refractivity contribution in [3.63, 3.8) is 0 Å². The Hall–Kier alpha value is -3.27. The normalized spacial score (nSPS) is 12.1. The molecule has 0 saturated heterocycles. The Balaban J connectivity index is 1.45. The maximum Gasteiger partial charge on any atom is 0.573 e. The van der Waals surface area contributed by atoms with Crippen molar-refractivity contribution in [2.75, 3.05) is 6.54 Å². The van der Waals surface area contributed by atoms with E-state index in [1.165, 1.54) is 24.3 Å². The van der Waals surface area contributed by atoms with Gasteiger partial charge in [-0.1, -0.05) is 28.9 Å². The van der Waals surface area contributed by atoms with Crippen LogP contribution in [0, 0.1) is 0 Å². The summed E-state index contributed by atoms with van der Waals surface area (Å²) >= 11 is 5.86. The second-order valence-electron chi connectivity index (χ2n) is 6.09. The van der Waals surface area contributed by atoms with E-state index in [-0.39, 0.29) is 18.3 Å². The highest BCUT2D eigenvalue weighted by molar-refractivity contribution is 6.30. The minimum absolute atomic E-state index is 0.183. The number of aliphatic imine (C=N–C) groups is 1. The fourth-order valence-corrected chi connectivity index (χ4v) is 2.53. The zero-order chi connectivity index (χ0) is 21.6. The first kappa shape index (κ1) is 21.4. The van der Waals surface area contributed by atoms with Gasteiger partial charge < -0.3 is 20.3 Å². The van der Waals surface area contributed by atoms with E-state index >= 15 is 0 Å². The topological polar surface area (TPSA) is 98.6 Å². The molecule has 0 fully saturated rings. The molecule has 0 saturated carbocycles. The quantitative estimate of drug-likeness (QED) is 0.427. The van der Waals surface area contributed by atoms with E-state index in [0.29, 0.717) is 35.3 Å². The van der Waals surface area contributed by atoms with Crippen molar-refractivity contribution in [1.82, 2.24) is 15.5 Å². The molecule has 3 N–H and O–H groups in total. The number of hydrogen-bond acceptors (Lipinski definition) is 5. The van der Waals surface area contributed by atoms with Gasteiger partial charge >= 0.3 is 6.36 Å². The molecule has 0 atom stereocenters. The highest BCUT2D eigenvalue weighted by Gasteiger charge is 2.30. The summed E-state index contributed by atoms with van der Waals surface area (Å²) in [4.78, 5) is 8.43. The van der Waals surface area contributed by atoms with Crippen LogP contribution in [0.25, 0.3) is 11.4 Å². The standard InChI is InChI=1S/C19H17ClF3N5O2/c20-14-5-3-13(4-6-14)17-27-16(30-28-17)9-10-25-18(24)26-11-12-1-7-15(8-2-12)29-19(21,22)23/h1-8H,9-11H2,(H3,24,25,26). The van der Waals surface area contributed by atoms with Crippen LogP contribution in [-0.2, 0) is 13.0 Å². The molecule has 0 unspecified atom stereocenters. The van der Waals surface area contributed by atoms with E-state index in [4.69, 9.17) is 21.9 Å². The van der Waals surface area contributed by atoms with Gasteiger partial charge in [0, 0.05) is 23.6 Å². The lowest BCUT2D eigenvalue weighted by atomic mass is 10.2. The largest absolute Gasteiger partial charge is 0.573 e. The molecule has 2 aromatic carbocycles. The number of nitrogens with two attached hydrogens (primary N) is 1. The van der Waals surface area contributed by atoms with Crippen LogP contribution in [0.2, 0.25) is 5.02 Å². The second-order valence-corrected chi connectivity index (χ2v) is 6.53. The number of ether oxygens (including phenoxy) is 1. The number of rotatable bonds is 7. The molecule has 1 aromatic heterocycles. The van der Waals surface area contributed by atoms with E-state index in [0.717, 1.165) is 5.56 Å². The van der Waals surface area contributed by atoms with E-state index in [1.807, 2.05) is 0 Å².